The summed E-state index contributed by atoms with van der Waals surface area (Å²) in [7, 11) is 0. The molecule has 0 spiro atoms. The van der Waals surface area contributed by atoms with Crippen molar-refractivity contribution in [2.24, 2.45) is 0 Å². The standard InChI is InChI=1S/C47H40N2O/c1-45(2)36-19-11-13-21-40(36)49-41-29-32(31-23-26-35(27-24-31)48(33-15-7-5-8-16-33)34-17-9-6-10-18-34)25-28-37(41)47(4)43(49)39(45)30-46(3)38-20-12-14-22-42(38)50-44(46)47/h5-30,43-44H,1-4H3. The number of hydrogen-bond donors (Lipinski definition) is 0. The summed E-state index contributed by atoms with van der Waals surface area (Å²) < 4.78 is 7.06. The third kappa shape index (κ3) is 3.81. The van der Waals surface area contributed by atoms with E-state index in [9.17, 15) is 0 Å². The van der Waals surface area contributed by atoms with Gasteiger partial charge >= 0.3 is 0 Å². The second kappa shape index (κ2) is 10.2. The first kappa shape index (κ1) is 29.4. The van der Waals surface area contributed by atoms with Crippen LogP contribution in [0.25, 0.3) is 11.1 Å². The second-order valence-electron chi connectivity index (χ2n) is 15.4. The van der Waals surface area contributed by atoms with Crippen LogP contribution in [0.2, 0.25) is 0 Å². The Bertz CT molecular complexity index is 2290. The molecule has 3 heterocycles. The number of para-hydroxylation sites is 4. The number of ether oxygens (including phenoxy) is 1. The third-order valence-corrected chi connectivity index (χ3v) is 12.3. The molecule has 4 unspecified atom stereocenters. The molecule has 4 atom stereocenters. The Morgan fingerprint density at radius 1 is 0.540 bits per heavy atom. The summed E-state index contributed by atoms with van der Waals surface area (Å²) in [5.74, 6) is 1.02. The second-order valence-corrected chi connectivity index (χ2v) is 15.4. The number of fused-ring (bicyclic) bond motifs is 9. The quantitative estimate of drug-likeness (QED) is 0.177. The molecule has 244 valence electrons. The minimum Gasteiger partial charge on any atom is -0.488 e. The SMILES string of the molecule is CC1(C)C2=CC3(C)c4ccccc4OC3C3(C)c4ccc(-c5ccc(N(c6ccccc6)c6ccccc6)cc5)cc4N(c4ccccc41)C23. The zero-order chi connectivity index (χ0) is 33.8. The summed E-state index contributed by atoms with van der Waals surface area (Å²) in [6.07, 6.45) is 2.56. The van der Waals surface area contributed by atoms with Gasteiger partial charge in [0.15, 0.2) is 0 Å². The molecular formula is C47H40N2O. The minimum absolute atomic E-state index is 0.0296. The summed E-state index contributed by atoms with van der Waals surface area (Å²) in [5, 5.41) is 0. The molecule has 0 aromatic heterocycles. The Balaban J connectivity index is 1.13. The van der Waals surface area contributed by atoms with Crippen molar-refractivity contribution >= 4 is 28.4 Å². The summed E-state index contributed by atoms with van der Waals surface area (Å²) in [5.41, 5.74) is 13.3. The van der Waals surface area contributed by atoms with Crippen molar-refractivity contribution in [2.75, 3.05) is 9.80 Å². The molecule has 0 saturated carbocycles. The van der Waals surface area contributed by atoms with Crippen molar-refractivity contribution < 1.29 is 4.74 Å². The van der Waals surface area contributed by atoms with E-state index in [0.717, 1.165) is 22.8 Å². The van der Waals surface area contributed by atoms with E-state index >= 15 is 0 Å². The highest BCUT2D eigenvalue weighted by molar-refractivity contribution is 5.87. The molecule has 0 radical (unpaired) electrons. The predicted octanol–water partition coefficient (Wildman–Crippen LogP) is 11.6. The first-order chi connectivity index (χ1) is 24.3. The molecule has 0 bridgehead atoms. The van der Waals surface area contributed by atoms with Gasteiger partial charge in [0, 0.05) is 39.4 Å². The molecule has 6 aromatic carbocycles. The van der Waals surface area contributed by atoms with Gasteiger partial charge in [0.1, 0.15) is 11.9 Å². The number of benzene rings is 6. The van der Waals surface area contributed by atoms with Crippen LogP contribution < -0.4 is 14.5 Å². The van der Waals surface area contributed by atoms with Gasteiger partial charge in [-0.15, -0.1) is 0 Å². The van der Waals surface area contributed by atoms with Crippen LogP contribution in [0, 0.1) is 0 Å². The average molecular weight is 649 g/mol. The molecule has 0 N–H and O–H groups in total. The molecule has 0 fully saturated rings. The molecule has 0 saturated heterocycles. The number of rotatable bonds is 4. The number of nitrogens with zero attached hydrogens (tertiary/aromatic N) is 2. The van der Waals surface area contributed by atoms with E-state index in [1.807, 2.05) is 0 Å². The first-order valence-electron chi connectivity index (χ1n) is 17.8. The lowest BCUT2D eigenvalue weighted by Gasteiger charge is -2.56. The minimum atomic E-state index is -0.272. The van der Waals surface area contributed by atoms with Crippen LogP contribution in [-0.2, 0) is 16.2 Å². The van der Waals surface area contributed by atoms with Gasteiger partial charge in [-0.1, -0.05) is 117 Å². The number of hydrogen-bond acceptors (Lipinski definition) is 3. The molecule has 3 heteroatoms. The van der Waals surface area contributed by atoms with Crippen LogP contribution in [0.1, 0.15) is 44.4 Å². The normalized spacial score (nSPS) is 24.6. The van der Waals surface area contributed by atoms with E-state index in [0.29, 0.717) is 0 Å². The van der Waals surface area contributed by atoms with Crippen molar-refractivity contribution in [2.45, 2.75) is 56.1 Å². The van der Waals surface area contributed by atoms with E-state index in [1.165, 1.54) is 44.8 Å². The maximum atomic E-state index is 7.06. The van der Waals surface area contributed by atoms with Crippen LogP contribution in [0.4, 0.5) is 28.4 Å². The molecule has 3 aliphatic heterocycles. The number of anilines is 5. The van der Waals surface area contributed by atoms with Gasteiger partial charge in [-0.2, -0.15) is 0 Å². The van der Waals surface area contributed by atoms with Crippen molar-refractivity contribution in [3.63, 3.8) is 0 Å². The Morgan fingerprint density at radius 3 is 1.82 bits per heavy atom. The molecule has 6 aromatic rings. The summed E-state index contributed by atoms with van der Waals surface area (Å²) >= 11 is 0. The smallest absolute Gasteiger partial charge is 0.124 e. The maximum Gasteiger partial charge on any atom is 0.124 e. The van der Waals surface area contributed by atoms with Crippen molar-refractivity contribution in [3.8, 4) is 16.9 Å². The van der Waals surface area contributed by atoms with Gasteiger partial charge in [0.05, 0.1) is 16.9 Å². The molecule has 10 rings (SSSR count). The molecular weight excluding hydrogens is 609 g/mol. The predicted molar refractivity (Wildman–Crippen MR) is 206 cm³/mol. The Labute approximate surface area is 295 Å². The van der Waals surface area contributed by atoms with Crippen molar-refractivity contribution in [1.82, 2.24) is 0 Å². The van der Waals surface area contributed by atoms with Gasteiger partial charge in [0.25, 0.3) is 0 Å². The molecule has 1 aliphatic carbocycles. The monoisotopic (exact) mass is 648 g/mol. The maximum absolute atomic E-state index is 7.06. The van der Waals surface area contributed by atoms with Gasteiger partial charge in [-0.25, -0.2) is 0 Å². The fourth-order valence-corrected chi connectivity index (χ4v) is 9.94. The highest BCUT2D eigenvalue weighted by atomic mass is 16.5. The highest BCUT2D eigenvalue weighted by Gasteiger charge is 2.68. The van der Waals surface area contributed by atoms with Gasteiger partial charge in [0.2, 0.25) is 0 Å². The molecule has 3 nitrogen and oxygen atoms in total. The van der Waals surface area contributed by atoms with Gasteiger partial charge in [-0.05, 0) is 96.3 Å². The average Bonchev–Trinajstić information content (AvgIpc) is 3.61. The zero-order valence-electron chi connectivity index (χ0n) is 29.0. The molecule has 4 aliphatic rings. The Kier molecular flexibility index (Phi) is 6.02. The fraction of sp³-hybridized carbons (Fsp3) is 0.191. The Morgan fingerprint density at radius 2 is 1.12 bits per heavy atom. The molecule has 50 heavy (non-hydrogen) atoms. The summed E-state index contributed by atoms with van der Waals surface area (Å²) in [6.45, 7) is 9.72. The van der Waals surface area contributed by atoms with Gasteiger partial charge in [-0.3, -0.25) is 0 Å². The van der Waals surface area contributed by atoms with Crippen LogP contribution in [0.5, 0.6) is 5.75 Å². The van der Waals surface area contributed by atoms with Crippen molar-refractivity contribution in [1.29, 1.82) is 0 Å². The van der Waals surface area contributed by atoms with Crippen LogP contribution >= 0.6 is 0 Å². The lowest BCUT2D eigenvalue weighted by atomic mass is 9.53. The van der Waals surface area contributed by atoms with Gasteiger partial charge < -0.3 is 14.5 Å². The topological polar surface area (TPSA) is 15.7 Å². The lowest BCUT2D eigenvalue weighted by Crippen LogP contribution is -2.63. The van der Waals surface area contributed by atoms with Crippen LogP contribution in [0.15, 0.2) is 163 Å². The largest absolute Gasteiger partial charge is 0.488 e. The highest BCUT2D eigenvalue weighted by Crippen LogP contribution is 2.67. The van der Waals surface area contributed by atoms with E-state index < -0.39 is 0 Å². The first-order valence-corrected chi connectivity index (χ1v) is 17.8. The van der Waals surface area contributed by atoms with Crippen molar-refractivity contribution in [3.05, 3.63) is 180 Å². The Hall–Kier alpha value is -5.54. The third-order valence-electron chi connectivity index (χ3n) is 12.3. The van der Waals surface area contributed by atoms with Crippen LogP contribution in [0.3, 0.4) is 0 Å². The van der Waals surface area contributed by atoms with E-state index in [-0.39, 0.29) is 28.4 Å². The van der Waals surface area contributed by atoms with Crippen LogP contribution in [-0.4, -0.2) is 12.1 Å². The summed E-state index contributed by atoms with van der Waals surface area (Å²) in [6, 6.07) is 55.3. The summed E-state index contributed by atoms with van der Waals surface area (Å²) in [4.78, 5) is 4.97. The van der Waals surface area contributed by atoms with E-state index in [2.05, 4.69) is 195 Å². The zero-order valence-corrected chi connectivity index (χ0v) is 29.0. The molecule has 0 amide bonds. The van der Waals surface area contributed by atoms with E-state index in [4.69, 9.17) is 4.74 Å². The van der Waals surface area contributed by atoms with E-state index in [1.54, 1.807) is 0 Å². The lowest BCUT2D eigenvalue weighted by molar-refractivity contribution is 0.0744. The fourth-order valence-electron chi connectivity index (χ4n) is 9.94.